The van der Waals surface area contributed by atoms with Gasteiger partial charge in [-0.2, -0.15) is 0 Å². The Kier molecular flexibility index (Phi) is 6.63. The van der Waals surface area contributed by atoms with E-state index in [4.69, 9.17) is 16.3 Å². The molecule has 1 aromatic heterocycles. The Morgan fingerprint density at radius 2 is 2.00 bits per heavy atom. The van der Waals surface area contributed by atoms with Crippen LogP contribution in [-0.4, -0.2) is 29.5 Å². The third-order valence-corrected chi connectivity index (χ3v) is 4.35. The Morgan fingerprint density at radius 3 is 2.71 bits per heavy atom. The third-order valence-electron chi connectivity index (χ3n) is 2.82. The van der Waals surface area contributed by atoms with E-state index >= 15 is 0 Å². The van der Waals surface area contributed by atoms with Gasteiger partial charge in [0.05, 0.1) is 10.6 Å². The summed E-state index contributed by atoms with van der Waals surface area (Å²) < 4.78 is 5.06. The molecule has 0 aliphatic heterocycles. The van der Waals surface area contributed by atoms with Gasteiger partial charge in [0.1, 0.15) is 5.03 Å². The predicted molar refractivity (Wildman–Crippen MR) is 93.4 cm³/mol. The van der Waals surface area contributed by atoms with E-state index in [2.05, 4.69) is 10.3 Å². The molecule has 0 radical (unpaired) electrons. The van der Waals surface area contributed by atoms with E-state index in [1.165, 1.54) is 11.8 Å². The SMILES string of the molecule is CC(C)NC(=O)COC(=O)c1cccnc1Sc1ccccc1Cl. The van der Waals surface area contributed by atoms with Gasteiger partial charge in [-0.25, -0.2) is 9.78 Å². The zero-order valence-electron chi connectivity index (χ0n) is 13.3. The van der Waals surface area contributed by atoms with Gasteiger partial charge < -0.3 is 10.1 Å². The second kappa shape index (κ2) is 8.70. The van der Waals surface area contributed by atoms with Gasteiger partial charge in [0.2, 0.25) is 0 Å². The minimum absolute atomic E-state index is 0.0130. The Labute approximate surface area is 149 Å². The highest BCUT2D eigenvalue weighted by Gasteiger charge is 2.17. The average Bonchev–Trinajstić information content (AvgIpc) is 2.54. The first-order chi connectivity index (χ1) is 11.5. The zero-order chi connectivity index (χ0) is 17.5. The molecule has 1 aromatic carbocycles. The normalized spacial score (nSPS) is 10.5. The van der Waals surface area contributed by atoms with Crippen LogP contribution in [0.2, 0.25) is 5.02 Å². The summed E-state index contributed by atoms with van der Waals surface area (Å²) in [5.74, 6) is -0.945. The number of benzene rings is 1. The molecular formula is C17H17ClN2O3S. The molecule has 0 saturated heterocycles. The lowest BCUT2D eigenvalue weighted by Gasteiger charge is -2.10. The van der Waals surface area contributed by atoms with E-state index in [0.717, 1.165) is 4.90 Å². The van der Waals surface area contributed by atoms with Crippen molar-refractivity contribution in [1.82, 2.24) is 10.3 Å². The Hall–Kier alpha value is -2.05. The number of aromatic nitrogens is 1. The number of halogens is 1. The van der Waals surface area contributed by atoms with Crippen LogP contribution in [0, 0.1) is 0 Å². The summed E-state index contributed by atoms with van der Waals surface area (Å²) in [5, 5.41) is 3.70. The maximum atomic E-state index is 12.2. The molecule has 0 atom stereocenters. The molecule has 1 N–H and O–H groups in total. The molecule has 0 fully saturated rings. The third kappa shape index (κ3) is 5.25. The highest BCUT2D eigenvalue weighted by molar-refractivity contribution is 7.99. The maximum absolute atomic E-state index is 12.2. The number of esters is 1. The number of nitrogens with one attached hydrogen (secondary N) is 1. The average molecular weight is 365 g/mol. The van der Waals surface area contributed by atoms with Gasteiger partial charge in [-0.05, 0) is 38.1 Å². The van der Waals surface area contributed by atoms with Gasteiger partial charge in [0.25, 0.3) is 5.91 Å². The molecule has 1 heterocycles. The number of rotatable bonds is 6. The molecule has 0 unspecified atom stereocenters. The van der Waals surface area contributed by atoms with Gasteiger partial charge in [-0.3, -0.25) is 4.79 Å². The van der Waals surface area contributed by atoms with Crippen molar-refractivity contribution < 1.29 is 14.3 Å². The maximum Gasteiger partial charge on any atom is 0.341 e. The van der Waals surface area contributed by atoms with E-state index in [0.29, 0.717) is 15.6 Å². The lowest BCUT2D eigenvalue weighted by atomic mass is 10.3. The van der Waals surface area contributed by atoms with Gasteiger partial charge >= 0.3 is 5.97 Å². The van der Waals surface area contributed by atoms with Crippen molar-refractivity contribution in [3.63, 3.8) is 0 Å². The van der Waals surface area contributed by atoms with Crippen LogP contribution in [0.15, 0.2) is 52.5 Å². The van der Waals surface area contributed by atoms with Crippen LogP contribution in [0.5, 0.6) is 0 Å². The first kappa shape index (κ1) is 18.3. The Morgan fingerprint density at radius 1 is 1.25 bits per heavy atom. The summed E-state index contributed by atoms with van der Waals surface area (Å²) in [5.41, 5.74) is 0.291. The summed E-state index contributed by atoms with van der Waals surface area (Å²) in [4.78, 5) is 28.8. The molecule has 0 spiro atoms. The first-order valence-electron chi connectivity index (χ1n) is 7.31. The molecule has 5 nitrogen and oxygen atoms in total. The monoisotopic (exact) mass is 364 g/mol. The van der Waals surface area contributed by atoms with Crippen LogP contribution < -0.4 is 5.32 Å². The van der Waals surface area contributed by atoms with Crippen molar-refractivity contribution in [2.24, 2.45) is 0 Å². The van der Waals surface area contributed by atoms with Gasteiger partial charge in [-0.15, -0.1) is 0 Å². The zero-order valence-corrected chi connectivity index (χ0v) is 14.9. The van der Waals surface area contributed by atoms with Gasteiger partial charge in [-0.1, -0.05) is 35.5 Å². The van der Waals surface area contributed by atoms with E-state index in [1.54, 1.807) is 24.4 Å². The second-order valence-corrected chi connectivity index (χ2v) is 6.62. The molecule has 2 aromatic rings. The molecular weight excluding hydrogens is 348 g/mol. The van der Waals surface area contributed by atoms with Crippen molar-refractivity contribution in [2.45, 2.75) is 29.8 Å². The minimum Gasteiger partial charge on any atom is -0.452 e. The van der Waals surface area contributed by atoms with Gasteiger partial charge in [0, 0.05) is 17.1 Å². The summed E-state index contributed by atoms with van der Waals surface area (Å²) in [6.07, 6.45) is 1.58. The smallest absolute Gasteiger partial charge is 0.341 e. The van der Waals surface area contributed by atoms with Crippen LogP contribution in [0.3, 0.4) is 0 Å². The number of carbonyl (C=O) groups excluding carboxylic acids is 2. The molecule has 1 amide bonds. The number of nitrogens with zero attached hydrogens (tertiary/aromatic N) is 1. The van der Waals surface area contributed by atoms with Crippen molar-refractivity contribution in [1.29, 1.82) is 0 Å². The van der Waals surface area contributed by atoms with E-state index in [-0.39, 0.29) is 18.6 Å². The van der Waals surface area contributed by atoms with Crippen LogP contribution in [-0.2, 0) is 9.53 Å². The standard InChI is InChI=1S/C17H17ClN2O3S/c1-11(2)20-15(21)10-23-17(22)12-6-5-9-19-16(12)24-14-8-4-3-7-13(14)18/h3-9,11H,10H2,1-2H3,(H,20,21). The fourth-order valence-electron chi connectivity index (χ4n) is 1.83. The number of amides is 1. The topological polar surface area (TPSA) is 68.3 Å². The second-order valence-electron chi connectivity index (χ2n) is 5.19. The van der Waals surface area contributed by atoms with Crippen molar-refractivity contribution in [3.8, 4) is 0 Å². The number of carbonyl (C=O) groups is 2. The molecule has 0 aliphatic rings. The number of hydrogen-bond donors (Lipinski definition) is 1. The summed E-state index contributed by atoms with van der Waals surface area (Å²) in [7, 11) is 0. The molecule has 24 heavy (non-hydrogen) atoms. The fraction of sp³-hybridized carbons (Fsp3) is 0.235. The molecule has 2 rings (SSSR count). The minimum atomic E-state index is -0.600. The predicted octanol–water partition coefficient (Wildman–Crippen LogP) is 3.57. The van der Waals surface area contributed by atoms with E-state index in [1.807, 2.05) is 32.0 Å². The molecule has 7 heteroatoms. The largest absolute Gasteiger partial charge is 0.452 e. The van der Waals surface area contributed by atoms with Crippen molar-refractivity contribution in [3.05, 3.63) is 53.2 Å². The highest BCUT2D eigenvalue weighted by atomic mass is 35.5. The number of ether oxygens (including phenoxy) is 1. The summed E-state index contributed by atoms with van der Waals surface area (Å²) in [6, 6.07) is 10.5. The van der Waals surface area contributed by atoms with Crippen molar-refractivity contribution >= 4 is 35.2 Å². The summed E-state index contributed by atoms with van der Waals surface area (Å²) >= 11 is 7.41. The lowest BCUT2D eigenvalue weighted by Crippen LogP contribution is -2.34. The number of hydrogen-bond acceptors (Lipinski definition) is 5. The molecule has 0 aliphatic carbocycles. The van der Waals surface area contributed by atoms with Crippen LogP contribution in [0.4, 0.5) is 0 Å². The Balaban J connectivity index is 2.09. The Bertz CT molecular complexity index is 737. The lowest BCUT2D eigenvalue weighted by molar-refractivity contribution is -0.124. The molecule has 0 bridgehead atoms. The first-order valence-corrected chi connectivity index (χ1v) is 8.50. The van der Waals surface area contributed by atoms with Crippen LogP contribution >= 0.6 is 23.4 Å². The van der Waals surface area contributed by atoms with Crippen LogP contribution in [0.1, 0.15) is 24.2 Å². The summed E-state index contributed by atoms with van der Waals surface area (Å²) in [6.45, 7) is 3.33. The fourth-order valence-corrected chi connectivity index (χ4v) is 2.98. The van der Waals surface area contributed by atoms with Crippen LogP contribution in [0.25, 0.3) is 0 Å². The van der Waals surface area contributed by atoms with E-state index in [9.17, 15) is 9.59 Å². The van der Waals surface area contributed by atoms with E-state index < -0.39 is 5.97 Å². The van der Waals surface area contributed by atoms with Gasteiger partial charge in [0.15, 0.2) is 6.61 Å². The number of pyridine rings is 1. The highest BCUT2D eigenvalue weighted by Crippen LogP contribution is 2.33. The molecule has 0 saturated carbocycles. The quantitative estimate of drug-likeness (QED) is 0.793. The van der Waals surface area contributed by atoms with Crippen molar-refractivity contribution in [2.75, 3.05) is 6.61 Å². The molecule has 126 valence electrons.